The van der Waals surface area contributed by atoms with Crippen molar-refractivity contribution >= 4 is 11.0 Å². The molecule has 1 aliphatic rings. The molecule has 0 spiro atoms. The van der Waals surface area contributed by atoms with Gasteiger partial charge in [-0.1, -0.05) is 19.1 Å². The van der Waals surface area contributed by atoms with Gasteiger partial charge in [0.25, 0.3) is 0 Å². The van der Waals surface area contributed by atoms with E-state index in [-0.39, 0.29) is 5.41 Å². The Morgan fingerprint density at radius 2 is 1.94 bits per heavy atom. The SMILES string of the molecule is CC1(c2nc3ccccc3[nH]2)CCNCC1. The number of piperidine rings is 1. The van der Waals surface area contributed by atoms with Crippen LogP contribution in [0.2, 0.25) is 0 Å². The van der Waals surface area contributed by atoms with Crippen molar-refractivity contribution in [1.82, 2.24) is 15.3 Å². The number of fused-ring (bicyclic) bond motifs is 1. The topological polar surface area (TPSA) is 40.7 Å². The summed E-state index contributed by atoms with van der Waals surface area (Å²) in [5.41, 5.74) is 2.44. The normalized spacial score (nSPS) is 20.1. The van der Waals surface area contributed by atoms with Crippen molar-refractivity contribution in [2.24, 2.45) is 0 Å². The van der Waals surface area contributed by atoms with Gasteiger partial charge < -0.3 is 10.3 Å². The number of benzene rings is 1. The Bertz CT molecular complexity index is 462. The van der Waals surface area contributed by atoms with Crippen LogP contribution in [0.15, 0.2) is 24.3 Å². The fraction of sp³-hybridized carbons (Fsp3) is 0.462. The number of aromatic amines is 1. The molecule has 2 N–H and O–H groups in total. The van der Waals surface area contributed by atoms with Gasteiger partial charge in [0.05, 0.1) is 11.0 Å². The summed E-state index contributed by atoms with van der Waals surface area (Å²) in [7, 11) is 0. The number of hydrogen-bond acceptors (Lipinski definition) is 2. The highest BCUT2D eigenvalue weighted by atomic mass is 15.0. The lowest BCUT2D eigenvalue weighted by Gasteiger charge is -2.32. The number of para-hydroxylation sites is 2. The average molecular weight is 215 g/mol. The molecule has 0 atom stereocenters. The molecule has 0 unspecified atom stereocenters. The van der Waals surface area contributed by atoms with E-state index in [1.165, 1.54) is 0 Å². The first-order valence-electron chi connectivity index (χ1n) is 5.94. The van der Waals surface area contributed by atoms with Crippen LogP contribution in [0, 0.1) is 0 Å². The van der Waals surface area contributed by atoms with Gasteiger partial charge in [0, 0.05) is 5.41 Å². The molecule has 1 fully saturated rings. The number of rotatable bonds is 1. The van der Waals surface area contributed by atoms with Gasteiger partial charge >= 0.3 is 0 Å². The summed E-state index contributed by atoms with van der Waals surface area (Å²) in [6, 6.07) is 8.25. The van der Waals surface area contributed by atoms with Crippen LogP contribution >= 0.6 is 0 Å². The smallest absolute Gasteiger partial charge is 0.113 e. The molecule has 1 aromatic carbocycles. The zero-order valence-corrected chi connectivity index (χ0v) is 9.59. The minimum Gasteiger partial charge on any atom is -0.342 e. The van der Waals surface area contributed by atoms with Gasteiger partial charge in [-0.3, -0.25) is 0 Å². The Morgan fingerprint density at radius 1 is 1.19 bits per heavy atom. The highest BCUT2D eigenvalue weighted by molar-refractivity contribution is 5.74. The van der Waals surface area contributed by atoms with Gasteiger partial charge in [-0.2, -0.15) is 0 Å². The number of imidazole rings is 1. The van der Waals surface area contributed by atoms with E-state index in [9.17, 15) is 0 Å². The molecule has 84 valence electrons. The maximum atomic E-state index is 4.72. The van der Waals surface area contributed by atoms with Crippen molar-refractivity contribution < 1.29 is 0 Å². The maximum Gasteiger partial charge on any atom is 0.113 e. The summed E-state index contributed by atoms with van der Waals surface area (Å²) < 4.78 is 0. The van der Waals surface area contributed by atoms with Crippen molar-refractivity contribution in [3.05, 3.63) is 30.1 Å². The van der Waals surface area contributed by atoms with Crippen LogP contribution in [0.25, 0.3) is 11.0 Å². The first kappa shape index (κ1) is 9.85. The van der Waals surface area contributed by atoms with Gasteiger partial charge in [-0.15, -0.1) is 0 Å². The molecule has 2 heterocycles. The van der Waals surface area contributed by atoms with Gasteiger partial charge in [0.1, 0.15) is 5.82 Å². The Morgan fingerprint density at radius 3 is 2.69 bits per heavy atom. The number of nitrogens with zero attached hydrogens (tertiary/aromatic N) is 1. The summed E-state index contributed by atoms with van der Waals surface area (Å²) >= 11 is 0. The number of aromatic nitrogens is 2. The third-order valence-electron chi connectivity index (χ3n) is 3.67. The van der Waals surface area contributed by atoms with Crippen LogP contribution in [-0.4, -0.2) is 23.1 Å². The lowest BCUT2D eigenvalue weighted by Crippen LogP contribution is -2.38. The van der Waals surface area contributed by atoms with Crippen LogP contribution < -0.4 is 5.32 Å². The standard InChI is InChI=1S/C13H17N3/c1-13(6-8-14-9-7-13)12-15-10-4-2-3-5-11(10)16-12/h2-5,14H,6-9H2,1H3,(H,15,16). The van der Waals surface area contributed by atoms with Crippen LogP contribution in [0.4, 0.5) is 0 Å². The summed E-state index contributed by atoms with van der Waals surface area (Å²) in [6.07, 6.45) is 2.32. The highest BCUT2D eigenvalue weighted by Crippen LogP contribution is 2.31. The molecule has 3 rings (SSSR count). The van der Waals surface area contributed by atoms with E-state index in [0.29, 0.717) is 0 Å². The third-order valence-corrected chi connectivity index (χ3v) is 3.67. The van der Waals surface area contributed by atoms with Crippen molar-refractivity contribution in [3.63, 3.8) is 0 Å². The van der Waals surface area contributed by atoms with E-state index in [2.05, 4.69) is 35.4 Å². The van der Waals surface area contributed by atoms with Crippen molar-refractivity contribution in [2.45, 2.75) is 25.2 Å². The van der Waals surface area contributed by atoms with E-state index in [1.54, 1.807) is 0 Å². The first-order valence-corrected chi connectivity index (χ1v) is 5.94. The molecule has 2 aromatic rings. The molecule has 0 saturated carbocycles. The summed E-state index contributed by atoms with van der Waals surface area (Å²) in [4.78, 5) is 8.19. The Balaban J connectivity index is 2.04. The minimum atomic E-state index is 0.213. The number of nitrogens with one attached hydrogen (secondary N) is 2. The maximum absolute atomic E-state index is 4.72. The molecule has 0 amide bonds. The lowest BCUT2D eigenvalue weighted by molar-refractivity contribution is 0.321. The van der Waals surface area contributed by atoms with Crippen LogP contribution in [-0.2, 0) is 5.41 Å². The second kappa shape index (κ2) is 3.59. The van der Waals surface area contributed by atoms with Gasteiger partial charge in [0.15, 0.2) is 0 Å². The van der Waals surface area contributed by atoms with Crippen LogP contribution in [0.3, 0.4) is 0 Å². The highest BCUT2D eigenvalue weighted by Gasteiger charge is 2.31. The molecule has 3 nitrogen and oxygen atoms in total. The molecule has 0 bridgehead atoms. The average Bonchev–Trinajstić information content (AvgIpc) is 2.74. The fourth-order valence-corrected chi connectivity index (χ4v) is 2.45. The van der Waals surface area contributed by atoms with Crippen molar-refractivity contribution in [2.75, 3.05) is 13.1 Å². The monoisotopic (exact) mass is 215 g/mol. The lowest BCUT2D eigenvalue weighted by atomic mass is 9.80. The van der Waals surface area contributed by atoms with Gasteiger partial charge in [-0.25, -0.2) is 4.98 Å². The van der Waals surface area contributed by atoms with E-state index < -0.39 is 0 Å². The molecule has 1 aromatic heterocycles. The summed E-state index contributed by atoms with van der Waals surface area (Å²) in [5.74, 6) is 1.15. The van der Waals surface area contributed by atoms with E-state index in [4.69, 9.17) is 4.98 Å². The second-order valence-corrected chi connectivity index (χ2v) is 4.91. The zero-order valence-electron chi connectivity index (χ0n) is 9.59. The minimum absolute atomic E-state index is 0.213. The van der Waals surface area contributed by atoms with Crippen LogP contribution in [0.5, 0.6) is 0 Å². The summed E-state index contributed by atoms with van der Waals surface area (Å²) in [6.45, 7) is 4.49. The number of H-pyrrole nitrogens is 1. The molecule has 0 radical (unpaired) electrons. The first-order chi connectivity index (χ1) is 7.78. The van der Waals surface area contributed by atoms with E-state index >= 15 is 0 Å². The van der Waals surface area contributed by atoms with E-state index in [0.717, 1.165) is 42.8 Å². The molecule has 16 heavy (non-hydrogen) atoms. The Kier molecular flexibility index (Phi) is 2.21. The second-order valence-electron chi connectivity index (χ2n) is 4.91. The van der Waals surface area contributed by atoms with Crippen molar-refractivity contribution in [3.8, 4) is 0 Å². The quantitative estimate of drug-likeness (QED) is 0.765. The predicted octanol–water partition coefficient (Wildman–Crippen LogP) is 2.20. The molecule has 0 aliphatic carbocycles. The number of hydrogen-bond donors (Lipinski definition) is 2. The largest absolute Gasteiger partial charge is 0.342 e. The van der Waals surface area contributed by atoms with Crippen LogP contribution in [0.1, 0.15) is 25.6 Å². The molecular weight excluding hydrogens is 198 g/mol. The molecule has 1 saturated heterocycles. The molecule has 3 heteroatoms. The van der Waals surface area contributed by atoms with Gasteiger partial charge in [0.2, 0.25) is 0 Å². The zero-order chi connectivity index (χ0) is 11.0. The van der Waals surface area contributed by atoms with E-state index in [1.807, 2.05) is 6.07 Å². The predicted molar refractivity (Wildman–Crippen MR) is 65.5 cm³/mol. The third kappa shape index (κ3) is 1.52. The molecule has 1 aliphatic heterocycles. The Labute approximate surface area is 95.3 Å². The van der Waals surface area contributed by atoms with Gasteiger partial charge in [-0.05, 0) is 38.1 Å². The molecular formula is C13H17N3. The summed E-state index contributed by atoms with van der Waals surface area (Å²) in [5, 5.41) is 3.40. The van der Waals surface area contributed by atoms with Crippen molar-refractivity contribution in [1.29, 1.82) is 0 Å². The Hall–Kier alpha value is -1.35. The fourth-order valence-electron chi connectivity index (χ4n) is 2.45.